The lowest BCUT2D eigenvalue weighted by atomic mass is 9.93. The van der Waals surface area contributed by atoms with E-state index in [4.69, 9.17) is 0 Å². The number of sulfonamides is 1. The van der Waals surface area contributed by atoms with Gasteiger partial charge in [0.2, 0.25) is 15.9 Å². The normalized spacial score (nSPS) is 18.7. The standard InChI is InChI=1S/C9H18N2O3S/c1-15(13,14)11-9(12)3-2-8-4-6-10-7-5-8/h8,10H,2-7H2,1H3,(H,11,12). The molecule has 0 spiro atoms. The van der Waals surface area contributed by atoms with Gasteiger partial charge in [-0.3, -0.25) is 9.52 Å². The molecule has 1 saturated heterocycles. The van der Waals surface area contributed by atoms with Gasteiger partial charge in [0, 0.05) is 6.42 Å². The molecule has 88 valence electrons. The Morgan fingerprint density at radius 3 is 2.53 bits per heavy atom. The molecule has 1 amide bonds. The highest BCUT2D eigenvalue weighted by molar-refractivity contribution is 7.89. The maximum absolute atomic E-state index is 11.2. The van der Waals surface area contributed by atoms with E-state index in [1.54, 1.807) is 0 Å². The highest BCUT2D eigenvalue weighted by Crippen LogP contribution is 2.17. The van der Waals surface area contributed by atoms with Crippen molar-refractivity contribution in [1.29, 1.82) is 0 Å². The summed E-state index contributed by atoms with van der Waals surface area (Å²) in [5.41, 5.74) is 0. The zero-order chi connectivity index (χ0) is 11.3. The molecule has 0 aromatic carbocycles. The van der Waals surface area contributed by atoms with Gasteiger partial charge in [-0.2, -0.15) is 0 Å². The van der Waals surface area contributed by atoms with Gasteiger partial charge in [0.1, 0.15) is 0 Å². The van der Waals surface area contributed by atoms with Crippen LogP contribution in [0.5, 0.6) is 0 Å². The number of rotatable bonds is 4. The summed E-state index contributed by atoms with van der Waals surface area (Å²) >= 11 is 0. The van der Waals surface area contributed by atoms with Crippen LogP contribution in [0.3, 0.4) is 0 Å². The van der Waals surface area contributed by atoms with Gasteiger partial charge in [-0.05, 0) is 38.3 Å². The second-order valence-corrected chi connectivity index (χ2v) is 5.78. The first-order valence-corrected chi connectivity index (χ1v) is 7.08. The Balaban J connectivity index is 2.21. The Bertz CT molecular complexity index is 307. The second-order valence-electron chi connectivity index (χ2n) is 4.03. The lowest BCUT2D eigenvalue weighted by Crippen LogP contribution is -2.31. The van der Waals surface area contributed by atoms with E-state index in [-0.39, 0.29) is 0 Å². The molecule has 6 heteroatoms. The summed E-state index contributed by atoms with van der Waals surface area (Å²) in [7, 11) is -3.39. The first-order chi connectivity index (χ1) is 6.97. The third-order valence-electron chi connectivity index (χ3n) is 2.54. The molecule has 1 rings (SSSR count). The second kappa shape index (κ2) is 5.46. The molecule has 0 atom stereocenters. The van der Waals surface area contributed by atoms with E-state index in [0.717, 1.165) is 38.6 Å². The van der Waals surface area contributed by atoms with Crippen LogP contribution in [0.4, 0.5) is 0 Å². The molecule has 0 aromatic rings. The molecule has 0 aliphatic carbocycles. The predicted octanol–water partition coefficient (Wildman–Crippen LogP) is -0.158. The molecule has 1 heterocycles. The van der Waals surface area contributed by atoms with E-state index >= 15 is 0 Å². The number of carbonyl (C=O) groups is 1. The molecule has 5 nitrogen and oxygen atoms in total. The lowest BCUT2D eigenvalue weighted by Gasteiger charge is -2.21. The first kappa shape index (κ1) is 12.4. The summed E-state index contributed by atoms with van der Waals surface area (Å²) in [6, 6.07) is 0. The number of hydrogen-bond donors (Lipinski definition) is 2. The van der Waals surface area contributed by atoms with Gasteiger partial charge >= 0.3 is 0 Å². The van der Waals surface area contributed by atoms with Gasteiger partial charge in [0.05, 0.1) is 6.26 Å². The van der Waals surface area contributed by atoms with Crippen LogP contribution in [0.25, 0.3) is 0 Å². The fourth-order valence-electron chi connectivity index (χ4n) is 1.76. The van der Waals surface area contributed by atoms with Gasteiger partial charge in [0.25, 0.3) is 0 Å². The Kier molecular flexibility index (Phi) is 4.53. The molecule has 1 aliphatic rings. The van der Waals surface area contributed by atoms with Crippen molar-refractivity contribution in [2.75, 3.05) is 19.3 Å². The fraction of sp³-hybridized carbons (Fsp3) is 0.889. The van der Waals surface area contributed by atoms with Crippen molar-refractivity contribution in [3.8, 4) is 0 Å². The van der Waals surface area contributed by atoms with Gasteiger partial charge in [-0.1, -0.05) is 0 Å². The monoisotopic (exact) mass is 234 g/mol. The molecular formula is C9H18N2O3S. The van der Waals surface area contributed by atoms with Crippen LogP contribution in [0.2, 0.25) is 0 Å². The predicted molar refractivity (Wildman–Crippen MR) is 57.8 cm³/mol. The van der Waals surface area contributed by atoms with Crippen molar-refractivity contribution < 1.29 is 13.2 Å². The minimum Gasteiger partial charge on any atom is -0.317 e. The van der Waals surface area contributed by atoms with Gasteiger partial charge in [-0.25, -0.2) is 8.42 Å². The van der Waals surface area contributed by atoms with E-state index in [2.05, 4.69) is 5.32 Å². The third kappa shape index (κ3) is 5.74. The average Bonchev–Trinajstić information content (AvgIpc) is 2.14. The van der Waals surface area contributed by atoms with E-state index in [9.17, 15) is 13.2 Å². The van der Waals surface area contributed by atoms with Gasteiger partial charge in [-0.15, -0.1) is 0 Å². The molecule has 15 heavy (non-hydrogen) atoms. The summed E-state index contributed by atoms with van der Waals surface area (Å²) in [5.74, 6) is 0.160. The Morgan fingerprint density at radius 1 is 1.40 bits per heavy atom. The maximum Gasteiger partial charge on any atom is 0.233 e. The third-order valence-corrected chi connectivity index (χ3v) is 3.14. The Morgan fingerprint density at radius 2 is 2.00 bits per heavy atom. The maximum atomic E-state index is 11.2. The van der Waals surface area contributed by atoms with Crippen LogP contribution in [0.15, 0.2) is 0 Å². The van der Waals surface area contributed by atoms with Crippen LogP contribution < -0.4 is 10.0 Å². The summed E-state index contributed by atoms with van der Waals surface area (Å²) < 4.78 is 23.5. The van der Waals surface area contributed by atoms with Crippen LogP contribution in [-0.2, 0) is 14.8 Å². The summed E-state index contributed by atoms with van der Waals surface area (Å²) in [4.78, 5) is 11.2. The molecule has 1 aliphatic heterocycles. The minimum atomic E-state index is -3.39. The van der Waals surface area contributed by atoms with E-state index < -0.39 is 15.9 Å². The molecule has 0 aromatic heterocycles. The molecule has 0 saturated carbocycles. The van der Waals surface area contributed by atoms with Crippen LogP contribution in [0.1, 0.15) is 25.7 Å². The van der Waals surface area contributed by atoms with Crippen molar-refractivity contribution in [2.24, 2.45) is 5.92 Å². The topological polar surface area (TPSA) is 75.3 Å². The Hall–Kier alpha value is -0.620. The van der Waals surface area contributed by atoms with Crippen LogP contribution in [0, 0.1) is 5.92 Å². The minimum absolute atomic E-state index is 0.303. The molecule has 2 N–H and O–H groups in total. The Labute approximate surface area is 90.7 Å². The summed E-state index contributed by atoms with van der Waals surface area (Å²) in [5, 5.41) is 3.24. The number of piperidine rings is 1. The number of nitrogens with one attached hydrogen (secondary N) is 2. The average molecular weight is 234 g/mol. The van der Waals surface area contributed by atoms with Crippen LogP contribution >= 0.6 is 0 Å². The largest absolute Gasteiger partial charge is 0.317 e. The molecule has 0 bridgehead atoms. The number of amides is 1. The molecule has 1 fully saturated rings. The van der Waals surface area contributed by atoms with E-state index in [1.165, 1.54) is 0 Å². The van der Waals surface area contributed by atoms with Crippen molar-refractivity contribution in [3.05, 3.63) is 0 Å². The summed E-state index contributed by atoms with van der Waals surface area (Å²) in [6.07, 6.45) is 4.23. The number of carbonyl (C=O) groups excluding carboxylic acids is 1. The van der Waals surface area contributed by atoms with E-state index in [1.807, 2.05) is 4.72 Å². The van der Waals surface area contributed by atoms with Crippen molar-refractivity contribution in [2.45, 2.75) is 25.7 Å². The van der Waals surface area contributed by atoms with Crippen molar-refractivity contribution in [1.82, 2.24) is 10.0 Å². The smallest absolute Gasteiger partial charge is 0.233 e. The molecule has 0 radical (unpaired) electrons. The SMILES string of the molecule is CS(=O)(=O)NC(=O)CCC1CCNCC1. The van der Waals surface area contributed by atoms with Crippen molar-refractivity contribution in [3.63, 3.8) is 0 Å². The number of hydrogen-bond acceptors (Lipinski definition) is 4. The zero-order valence-electron chi connectivity index (χ0n) is 8.95. The van der Waals surface area contributed by atoms with Crippen LogP contribution in [-0.4, -0.2) is 33.7 Å². The fourth-order valence-corrected chi connectivity index (χ4v) is 2.28. The molecule has 0 unspecified atom stereocenters. The highest BCUT2D eigenvalue weighted by atomic mass is 32.2. The van der Waals surface area contributed by atoms with Crippen molar-refractivity contribution >= 4 is 15.9 Å². The quantitative estimate of drug-likeness (QED) is 0.709. The highest BCUT2D eigenvalue weighted by Gasteiger charge is 2.15. The lowest BCUT2D eigenvalue weighted by molar-refractivity contribution is -0.119. The van der Waals surface area contributed by atoms with Gasteiger partial charge in [0.15, 0.2) is 0 Å². The first-order valence-electron chi connectivity index (χ1n) is 5.19. The summed E-state index contributed by atoms with van der Waals surface area (Å²) in [6.45, 7) is 2.00. The zero-order valence-corrected chi connectivity index (χ0v) is 9.77. The van der Waals surface area contributed by atoms with E-state index in [0.29, 0.717) is 12.3 Å². The molecular weight excluding hydrogens is 216 g/mol. The van der Waals surface area contributed by atoms with Gasteiger partial charge < -0.3 is 5.32 Å².